The van der Waals surface area contributed by atoms with Crippen LogP contribution >= 0.6 is 15.9 Å². The number of rotatable bonds is 4. The standard InChI is InChI=1S/C15H15BrFNO/c1-10-2-5-12(16)8-14(10)18-9-15(19)11-3-6-13(17)7-4-11/h2-8,15,18-19H,9H2,1H3. The first-order valence-corrected chi connectivity index (χ1v) is 6.79. The molecule has 19 heavy (non-hydrogen) atoms. The van der Waals surface area contributed by atoms with E-state index in [0.29, 0.717) is 12.1 Å². The Kier molecular flexibility index (Phi) is 4.56. The van der Waals surface area contributed by atoms with Crippen molar-refractivity contribution in [1.82, 2.24) is 0 Å². The van der Waals surface area contributed by atoms with Crippen molar-refractivity contribution in [2.24, 2.45) is 0 Å². The lowest BCUT2D eigenvalue weighted by molar-refractivity contribution is 0.191. The molecule has 0 aliphatic heterocycles. The number of hydrogen-bond donors (Lipinski definition) is 2. The Hall–Kier alpha value is -1.39. The summed E-state index contributed by atoms with van der Waals surface area (Å²) in [6, 6.07) is 11.8. The molecular formula is C15H15BrFNO. The van der Waals surface area contributed by atoms with Gasteiger partial charge in [0.25, 0.3) is 0 Å². The second kappa shape index (κ2) is 6.17. The number of nitrogens with one attached hydrogen (secondary N) is 1. The van der Waals surface area contributed by atoms with Crippen LogP contribution in [0.25, 0.3) is 0 Å². The van der Waals surface area contributed by atoms with Crippen LogP contribution in [0, 0.1) is 12.7 Å². The monoisotopic (exact) mass is 323 g/mol. The molecule has 0 amide bonds. The molecule has 0 heterocycles. The predicted octanol–water partition coefficient (Wildman–Crippen LogP) is 4.04. The minimum absolute atomic E-state index is 0.299. The largest absolute Gasteiger partial charge is 0.387 e. The van der Waals surface area contributed by atoms with E-state index in [2.05, 4.69) is 21.2 Å². The van der Waals surface area contributed by atoms with Crippen LogP contribution < -0.4 is 5.32 Å². The number of benzene rings is 2. The van der Waals surface area contributed by atoms with Gasteiger partial charge in [-0.2, -0.15) is 0 Å². The Balaban J connectivity index is 2.02. The molecule has 2 aromatic carbocycles. The van der Waals surface area contributed by atoms with E-state index in [1.165, 1.54) is 12.1 Å². The summed E-state index contributed by atoms with van der Waals surface area (Å²) in [6.45, 7) is 2.38. The highest BCUT2D eigenvalue weighted by molar-refractivity contribution is 9.10. The normalized spacial score (nSPS) is 12.2. The molecule has 0 aliphatic carbocycles. The molecule has 4 heteroatoms. The Bertz CT molecular complexity index is 557. The van der Waals surface area contributed by atoms with Crippen molar-refractivity contribution in [2.45, 2.75) is 13.0 Å². The maximum Gasteiger partial charge on any atom is 0.123 e. The lowest BCUT2D eigenvalue weighted by Gasteiger charge is -2.15. The lowest BCUT2D eigenvalue weighted by atomic mass is 10.1. The van der Waals surface area contributed by atoms with Crippen LogP contribution in [0.2, 0.25) is 0 Å². The Morgan fingerprint density at radius 2 is 1.89 bits per heavy atom. The fraction of sp³-hybridized carbons (Fsp3) is 0.200. The quantitative estimate of drug-likeness (QED) is 0.889. The van der Waals surface area contributed by atoms with Crippen molar-refractivity contribution in [3.8, 4) is 0 Å². The van der Waals surface area contributed by atoms with Crippen LogP contribution in [0.5, 0.6) is 0 Å². The van der Waals surface area contributed by atoms with E-state index in [4.69, 9.17) is 0 Å². The van der Waals surface area contributed by atoms with Gasteiger partial charge in [-0.1, -0.05) is 34.1 Å². The zero-order chi connectivity index (χ0) is 13.8. The average Bonchev–Trinajstić information content (AvgIpc) is 2.40. The van der Waals surface area contributed by atoms with Gasteiger partial charge in [-0.15, -0.1) is 0 Å². The zero-order valence-electron chi connectivity index (χ0n) is 10.5. The van der Waals surface area contributed by atoms with Gasteiger partial charge >= 0.3 is 0 Å². The van der Waals surface area contributed by atoms with E-state index >= 15 is 0 Å². The molecule has 2 aromatic rings. The molecule has 0 aromatic heterocycles. The van der Waals surface area contributed by atoms with Gasteiger partial charge in [-0.3, -0.25) is 0 Å². The van der Waals surface area contributed by atoms with Crippen molar-refractivity contribution in [3.05, 3.63) is 63.9 Å². The van der Waals surface area contributed by atoms with E-state index in [9.17, 15) is 9.50 Å². The van der Waals surface area contributed by atoms with Gasteiger partial charge in [0.05, 0.1) is 6.10 Å². The summed E-state index contributed by atoms with van der Waals surface area (Å²) in [5.74, 6) is -0.299. The van der Waals surface area contributed by atoms with Crippen LogP contribution in [0.1, 0.15) is 17.2 Å². The minimum atomic E-state index is -0.668. The van der Waals surface area contributed by atoms with Gasteiger partial charge in [-0.25, -0.2) is 4.39 Å². The Morgan fingerprint density at radius 1 is 1.21 bits per heavy atom. The first-order valence-electron chi connectivity index (χ1n) is 6.00. The molecule has 0 bridgehead atoms. The topological polar surface area (TPSA) is 32.3 Å². The summed E-state index contributed by atoms with van der Waals surface area (Å²) >= 11 is 3.41. The molecule has 1 atom stereocenters. The minimum Gasteiger partial charge on any atom is -0.387 e. The maximum atomic E-state index is 12.8. The summed E-state index contributed by atoms with van der Waals surface area (Å²) in [7, 11) is 0. The van der Waals surface area contributed by atoms with Crippen molar-refractivity contribution < 1.29 is 9.50 Å². The molecule has 0 saturated heterocycles. The third-order valence-electron chi connectivity index (χ3n) is 2.94. The van der Waals surface area contributed by atoms with Crippen molar-refractivity contribution in [2.75, 3.05) is 11.9 Å². The van der Waals surface area contributed by atoms with Gasteiger partial charge in [0.1, 0.15) is 5.82 Å². The summed E-state index contributed by atoms with van der Waals surface area (Å²) in [6.07, 6.45) is -0.668. The summed E-state index contributed by atoms with van der Waals surface area (Å²) in [5, 5.41) is 13.2. The van der Waals surface area contributed by atoms with E-state index in [1.807, 2.05) is 25.1 Å². The molecule has 0 saturated carbocycles. The molecule has 2 nitrogen and oxygen atoms in total. The Labute approximate surface area is 120 Å². The molecule has 0 aliphatic rings. The third-order valence-corrected chi connectivity index (χ3v) is 3.43. The Morgan fingerprint density at radius 3 is 2.58 bits per heavy atom. The lowest BCUT2D eigenvalue weighted by Crippen LogP contribution is -2.12. The van der Waals surface area contributed by atoms with E-state index in [1.54, 1.807) is 12.1 Å². The van der Waals surface area contributed by atoms with Gasteiger partial charge in [0.2, 0.25) is 0 Å². The maximum absolute atomic E-state index is 12.8. The number of halogens is 2. The number of aryl methyl sites for hydroxylation is 1. The highest BCUT2D eigenvalue weighted by Gasteiger charge is 2.08. The summed E-state index contributed by atoms with van der Waals surface area (Å²) < 4.78 is 13.8. The second-order valence-corrected chi connectivity index (χ2v) is 5.32. The van der Waals surface area contributed by atoms with Crippen LogP contribution in [-0.4, -0.2) is 11.7 Å². The number of aliphatic hydroxyl groups is 1. The molecule has 0 radical (unpaired) electrons. The van der Waals surface area contributed by atoms with Gasteiger partial charge in [-0.05, 0) is 42.3 Å². The van der Waals surface area contributed by atoms with Crippen LogP contribution in [0.3, 0.4) is 0 Å². The van der Waals surface area contributed by atoms with Crippen LogP contribution in [-0.2, 0) is 0 Å². The van der Waals surface area contributed by atoms with Crippen LogP contribution in [0.15, 0.2) is 46.9 Å². The first-order chi connectivity index (χ1) is 9.06. The molecule has 2 N–H and O–H groups in total. The molecule has 2 rings (SSSR count). The number of anilines is 1. The molecule has 0 fully saturated rings. The summed E-state index contributed by atoms with van der Waals surface area (Å²) in [4.78, 5) is 0. The van der Waals surface area contributed by atoms with Gasteiger partial charge in [0, 0.05) is 16.7 Å². The zero-order valence-corrected chi connectivity index (χ0v) is 12.1. The van der Waals surface area contributed by atoms with Gasteiger partial charge < -0.3 is 10.4 Å². The highest BCUT2D eigenvalue weighted by atomic mass is 79.9. The van der Waals surface area contributed by atoms with E-state index in [-0.39, 0.29) is 5.82 Å². The predicted molar refractivity (Wildman–Crippen MR) is 78.7 cm³/mol. The van der Waals surface area contributed by atoms with Crippen molar-refractivity contribution >= 4 is 21.6 Å². The van der Waals surface area contributed by atoms with E-state index in [0.717, 1.165) is 15.7 Å². The van der Waals surface area contributed by atoms with Gasteiger partial charge in [0.15, 0.2) is 0 Å². The summed E-state index contributed by atoms with van der Waals surface area (Å²) in [5.41, 5.74) is 2.77. The SMILES string of the molecule is Cc1ccc(Br)cc1NCC(O)c1ccc(F)cc1. The fourth-order valence-corrected chi connectivity index (χ4v) is 2.16. The number of aliphatic hydroxyl groups excluding tert-OH is 1. The van der Waals surface area contributed by atoms with Crippen molar-refractivity contribution in [3.63, 3.8) is 0 Å². The van der Waals surface area contributed by atoms with E-state index < -0.39 is 6.10 Å². The highest BCUT2D eigenvalue weighted by Crippen LogP contribution is 2.22. The van der Waals surface area contributed by atoms with Crippen molar-refractivity contribution in [1.29, 1.82) is 0 Å². The molecule has 0 spiro atoms. The average molecular weight is 324 g/mol. The molecular weight excluding hydrogens is 309 g/mol. The number of hydrogen-bond acceptors (Lipinski definition) is 2. The second-order valence-electron chi connectivity index (χ2n) is 4.41. The fourth-order valence-electron chi connectivity index (χ4n) is 1.79. The third kappa shape index (κ3) is 3.78. The van der Waals surface area contributed by atoms with Crippen LogP contribution in [0.4, 0.5) is 10.1 Å². The molecule has 1 unspecified atom stereocenters. The first kappa shape index (κ1) is 14.0. The molecule has 100 valence electrons. The smallest absolute Gasteiger partial charge is 0.123 e.